The molecule has 0 unspecified atom stereocenters. The molecule has 24 heavy (non-hydrogen) atoms. The van der Waals surface area contributed by atoms with E-state index in [9.17, 15) is 9.59 Å². The lowest BCUT2D eigenvalue weighted by atomic mass is 9.86. The van der Waals surface area contributed by atoms with Gasteiger partial charge in [-0.1, -0.05) is 0 Å². The number of carbonyl (C=O) groups is 2. The summed E-state index contributed by atoms with van der Waals surface area (Å²) in [4.78, 5) is 24.5. The Morgan fingerprint density at radius 2 is 2.04 bits per heavy atom. The molecule has 0 spiro atoms. The summed E-state index contributed by atoms with van der Waals surface area (Å²) in [6.45, 7) is 3.67. The number of ketones is 1. The second kappa shape index (κ2) is 5.06. The van der Waals surface area contributed by atoms with Gasteiger partial charge in [-0.2, -0.15) is 5.10 Å². The lowest BCUT2D eigenvalue weighted by Crippen LogP contribution is -2.21. The molecule has 2 aliphatic heterocycles. The van der Waals surface area contributed by atoms with Gasteiger partial charge in [0.15, 0.2) is 5.76 Å². The molecule has 2 aromatic rings. The van der Waals surface area contributed by atoms with Gasteiger partial charge < -0.3 is 9.47 Å². The van der Waals surface area contributed by atoms with Crippen LogP contribution in [0.1, 0.15) is 47.7 Å². The molecule has 4 rings (SSSR count). The average Bonchev–Trinajstić information content (AvgIpc) is 3.10. The van der Waals surface area contributed by atoms with Gasteiger partial charge in [0, 0.05) is 24.7 Å². The van der Waals surface area contributed by atoms with Crippen molar-refractivity contribution >= 4 is 11.8 Å². The predicted octanol–water partition coefficient (Wildman–Crippen LogP) is 2.73. The van der Waals surface area contributed by atoms with Crippen LogP contribution in [0.5, 0.6) is 11.5 Å². The second-order valence-electron chi connectivity index (χ2n) is 6.29. The molecule has 1 atom stereocenters. The Hall–Kier alpha value is -2.89. The highest BCUT2D eigenvalue weighted by Gasteiger charge is 2.39. The van der Waals surface area contributed by atoms with Crippen molar-refractivity contribution in [3.05, 3.63) is 52.5 Å². The van der Waals surface area contributed by atoms with E-state index in [1.54, 1.807) is 23.0 Å². The quantitative estimate of drug-likeness (QED) is 0.458. The molecule has 2 aliphatic rings. The van der Waals surface area contributed by atoms with Gasteiger partial charge in [-0.15, -0.1) is 0 Å². The summed E-state index contributed by atoms with van der Waals surface area (Å²) in [5, 5.41) is 4.19. The number of fused-ring (bicyclic) bond motifs is 3. The highest BCUT2D eigenvalue weighted by molar-refractivity contribution is 6.13. The van der Waals surface area contributed by atoms with E-state index in [-0.39, 0.29) is 24.1 Å². The summed E-state index contributed by atoms with van der Waals surface area (Å²) in [6.07, 6.45) is 3.78. The van der Waals surface area contributed by atoms with Crippen LogP contribution in [-0.2, 0) is 11.8 Å². The molecule has 6 nitrogen and oxygen atoms in total. The van der Waals surface area contributed by atoms with Gasteiger partial charge in [0.2, 0.25) is 5.78 Å². The topological polar surface area (TPSA) is 70.4 Å². The van der Waals surface area contributed by atoms with E-state index in [4.69, 9.17) is 9.47 Å². The summed E-state index contributed by atoms with van der Waals surface area (Å²) in [7, 11) is 1.82. The number of esters is 1. The van der Waals surface area contributed by atoms with Crippen molar-refractivity contribution in [1.82, 2.24) is 9.78 Å². The summed E-state index contributed by atoms with van der Waals surface area (Å²) >= 11 is 0. The third-order valence-corrected chi connectivity index (χ3v) is 4.34. The van der Waals surface area contributed by atoms with Crippen molar-refractivity contribution in [2.24, 2.45) is 7.05 Å². The number of rotatable bonds is 1. The van der Waals surface area contributed by atoms with Gasteiger partial charge in [0.05, 0.1) is 18.2 Å². The number of hydrogen-bond donors (Lipinski definition) is 0. The Bertz CT molecular complexity index is 919. The van der Waals surface area contributed by atoms with Gasteiger partial charge in [-0.3, -0.25) is 14.3 Å². The van der Waals surface area contributed by atoms with Crippen LogP contribution in [0.2, 0.25) is 0 Å². The molecule has 6 heteroatoms. The van der Waals surface area contributed by atoms with E-state index in [1.165, 1.54) is 0 Å². The number of benzene rings is 1. The number of aryl methyl sites for hydroxylation is 1. The summed E-state index contributed by atoms with van der Waals surface area (Å²) in [5.41, 5.74) is 2.96. The van der Waals surface area contributed by atoms with Gasteiger partial charge in [-0.05, 0) is 37.1 Å². The first-order valence-corrected chi connectivity index (χ1v) is 7.72. The monoisotopic (exact) mass is 324 g/mol. The number of hydrogen-bond acceptors (Lipinski definition) is 5. The van der Waals surface area contributed by atoms with E-state index in [1.807, 2.05) is 27.1 Å². The molecule has 0 saturated heterocycles. The molecule has 0 bridgehead atoms. The molecule has 0 saturated carbocycles. The normalized spacial score (nSPS) is 18.8. The van der Waals surface area contributed by atoms with Gasteiger partial charge in [0.25, 0.3) is 0 Å². The van der Waals surface area contributed by atoms with Crippen LogP contribution >= 0.6 is 0 Å². The fourth-order valence-electron chi connectivity index (χ4n) is 3.23. The molecule has 0 fully saturated rings. The lowest BCUT2D eigenvalue weighted by Gasteiger charge is -2.25. The number of ether oxygens (including phenoxy) is 2. The van der Waals surface area contributed by atoms with Crippen LogP contribution in [0.4, 0.5) is 0 Å². The Labute approximate surface area is 138 Å². The largest absolute Gasteiger partial charge is 0.452 e. The lowest BCUT2D eigenvalue weighted by molar-refractivity contribution is -0.135. The zero-order valence-corrected chi connectivity index (χ0v) is 13.6. The van der Waals surface area contributed by atoms with Crippen molar-refractivity contribution in [3.8, 4) is 11.5 Å². The fraction of sp³-hybridized carbons (Fsp3) is 0.278. The Morgan fingerprint density at radius 3 is 2.71 bits per heavy atom. The fourth-order valence-corrected chi connectivity index (χ4v) is 3.23. The molecule has 3 heterocycles. The van der Waals surface area contributed by atoms with Crippen LogP contribution < -0.4 is 9.47 Å². The molecular formula is C18H16N2O4. The van der Waals surface area contributed by atoms with E-state index in [0.29, 0.717) is 22.8 Å². The zero-order chi connectivity index (χ0) is 17.0. The molecule has 0 N–H and O–H groups in total. The SMILES string of the molecule is CC(C)=C1Oc2c(ccc3c2[C@@H](c2cnn(C)c2)CC(=O)O3)C1=O. The third kappa shape index (κ3) is 2.06. The van der Waals surface area contributed by atoms with Crippen LogP contribution in [0.25, 0.3) is 0 Å². The standard InChI is InChI=1S/C18H16N2O4/c1-9(2)17-16(22)11-4-5-13-15(18(11)24-17)12(6-14(21)23-13)10-7-19-20(3)8-10/h4-5,7-8,12H,6H2,1-3H3/t12-/m1/s1. The van der Waals surface area contributed by atoms with E-state index >= 15 is 0 Å². The van der Waals surface area contributed by atoms with Crippen molar-refractivity contribution in [2.75, 3.05) is 0 Å². The number of allylic oxidation sites excluding steroid dienone is 2. The Morgan fingerprint density at radius 1 is 1.25 bits per heavy atom. The van der Waals surface area contributed by atoms with Crippen molar-refractivity contribution in [2.45, 2.75) is 26.2 Å². The third-order valence-electron chi connectivity index (χ3n) is 4.34. The predicted molar refractivity (Wildman–Crippen MR) is 85.1 cm³/mol. The smallest absolute Gasteiger partial charge is 0.312 e. The first-order chi connectivity index (χ1) is 11.5. The summed E-state index contributed by atoms with van der Waals surface area (Å²) in [6, 6.07) is 3.33. The van der Waals surface area contributed by atoms with Crippen LogP contribution in [0, 0.1) is 0 Å². The van der Waals surface area contributed by atoms with Crippen LogP contribution in [0.15, 0.2) is 35.9 Å². The van der Waals surface area contributed by atoms with Crippen LogP contribution in [-0.4, -0.2) is 21.5 Å². The van der Waals surface area contributed by atoms with Crippen molar-refractivity contribution in [1.29, 1.82) is 0 Å². The minimum Gasteiger partial charge on any atom is -0.452 e. The summed E-state index contributed by atoms with van der Waals surface area (Å²) in [5.74, 6) is 0.615. The molecule has 0 amide bonds. The maximum Gasteiger partial charge on any atom is 0.312 e. The summed E-state index contributed by atoms with van der Waals surface area (Å²) < 4.78 is 12.9. The molecule has 0 radical (unpaired) electrons. The number of Topliss-reactive ketones (excluding diaryl/α,β-unsaturated/α-hetero) is 1. The molecule has 122 valence electrons. The number of aromatic nitrogens is 2. The van der Waals surface area contributed by atoms with Crippen molar-refractivity contribution in [3.63, 3.8) is 0 Å². The second-order valence-corrected chi connectivity index (χ2v) is 6.29. The maximum absolute atomic E-state index is 12.5. The minimum absolute atomic E-state index is 0.130. The van der Waals surface area contributed by atoms with Gasteiger partial charge in [-0.25, -0.2) is 0 Å². The van der Waals surface area contributed by atoms with E-state index in [2.05, 4.69) is 5.10 Å². The Balaban J connectivity index is 1.93. The van der Waals surface area contributed by atoms with E-state index < -0.39 is 0 Å². The van der Waals surface area contributed by atoms with Gasteiger partial charge in [0.1, 0.15) is 11.5 Å². The van der Waals surface area contributed by atoms with Gasteiger partial charge >= 0.3 is 5.97 Å². The molecule has 1 aromatic heterocycles. The van der Waals surface area contributed by atoms with Crippen molar-refractivity contribution < 1.29 is 19.1 Å². The highest BCUT2D eigenvalue weighted by Crippen LogP contribution is 2.48. The first kappa shape index (κ1) is 14.7. The van der Waals surface area contributed by atoms with E-state index in [0.717, 1.165) is 16.7 Å². The van der Waals surface area contributed by atoms with Crippen LogP contribution in [0.3, 0.4) is 0 Å². The molecule has 0 aliphatic carbocycles. The number of carbonyl (C=O) groups excluding carboxylic acids is 2. The molecular weight excluding hydrogens is 308 g/mol. The molecule has 1 aromatic carbocycles. The first-order valence-electron chi connectivity index (χ1n) is 7.72. The maximum atomic E-state index is 12.5. The highest BCUT2D eigenvalue weighted by atomic mass is 16.5. The Kier molecular flexibility index (Phi) is 3.09. The zero-order valence-electron chi connectivity index (χ0n) is 13.6. The number of nitrogens with zero attached hydrogens (tertiary/aromatic N) is 2. The minimum atomic E-state index is -0.303. The average molecular weight is 324 g/mol.